The fraction of sp³-hybridized carbons (Fsp3) is 0.125. The number of aliphatic hydroxyl groups is 1. The molecule has 0 bridgehead atoms. The molecule has 0 fully saturated rings. The predicted octanol–water partition coefficient (Wildman–Crippen LogP) is 4.78. The molecule has 1 unspecified atom stereocenters. The highest BCUT2D eigenvalue weighted by atomic mass is 19.1. The first-order chi connectivity index (χ1) is 15.0. The van der Waals surface area contributed by atoms with E-state index >= 15 is 0 Å². The van der Waals surface area contributed by atoms with Crippen LogP contribution in [0.3, 0.4) is 0 Å². The van der Waals surface area contributed by atoms with Gasteiger partial charge in [0, 0.05) is 42.0 Å². The van der Waals surface area contributed by atoms with E-state index in [0.717, 1.165) is 28.9 Å². The zero-order valence-corrected chi connectivity index (χ0v) is 16.5. The Balaban J connectivity index is 1.55. The summed E-state index contributed by atoms with van der Waals surface area (Å²) >= 11 is 0. The first-order valence-corrected chi connectivity index (χ1v) is 9.75. The number of nitrogens with one attached hydrogen (secondary N) is 1. The van der Waals surface area contributed by atoms with Crippen molar-refractivity contribution in [3.05, 3.63) is 108 Å². The quantitative estimate of drug-likeness (QED) is 0.450. The summed E-state index contributed by atoms with van der Waals surface area (Å²) in [6.07, 6.45) is 0.713. The van der Waals surface area contributed by atoms with Crippen LogP contribution in [0.1, 0.15) is 17.2 Å². The molecular weight excluding hydrogens is 403 g/mol. The van der Waals surface area contributed by atoms with Gasteiger partial charge in [-0.05, 0) is 42.5 Å². The van der Waals surface area contributed by atoms with Gasteiger partial charge in [-0.1, -0.05) is 24.3 Å². The Kier molecular flexibility index (Phi) is 6.16. The minimum absolute atomic E-state index is 0.0210. The number of hydrogen-bond acceptors (Lipinski definition) is 3. The van der Waals surface area contributed by atoms with E-state index in [1.807, 2.05) is 36.5 Å². The van der Waals surface area contributed by atoms with Gasteiger partial charge in [0.05, 0.1) is 17.5 Å². The van der Waals surface area contributed by atoms with Crippen molar-refractivity contribution in [1.29, 1.82) is 0 Å². The Labute approximate surface area is 177 Å². The van der Waals surface area contributed by atoms with Crippen molar-refractivity contribution in [2.24, 2.45) is 0 Å². The summed E-state index contributed by atoms with van der Waals surface area (Å²) in [5, 5.41) is 18.0. The Bertz CT molecular complexity index is 1160. The van der Waals surface area contributed by atoms with E-state index in [-0.39, 0.29) is 17.9 Å². The molecule has 3 aromatic carbocycles. The second-order valence-corrected chi connectivity index (χ2v) is 7.10. The molecule has 0 radical (unpaired) electrons. The number of rotatable bonds is 7. The number of aliphatic hydroxyl groups excluding tert-OH is 1. The predicted molar refractivity (Wildman–Crippen MR) is 112 cm³/mol. The first-order valence-electron chi connectivity index (χ1n) is 9.75. The average Bonchev–Trinajstić information content (AvgIpc) is 3.19. The van der Waals surface area contributed by atoms with Crippen molar-refractivity contribution in [3.63, 3.8) is 0 Å². The SMILES string of the molecule is OC(CNCc1cn(-c2ccccc2)nc1-c1ccc(F)cc1)c1ccc(F)cc1F. The van der Waals surface area contributed by atoms with Crippen LogP contribution in [0.4, 0.5) is 13.2 Å². The standard InChI is InChI=1S/C24H20F3N3O/c25-18-8-6-16(7-9-18)24-17(15-30(29-24)20-4-2-1-3-5-20)13-28-14-23(31)21-11-10-19(26)12-22(21)27/h1-12,15,23,28,31H,13-14H2. The molecule has 0 saturated carbocycles. The average molecular weight is 423 g/mol. The maximum Gasteiger partial charge on any atom is 0.131 e. The summed E-state index contributed by atoms with van der Waals surface area (Å²) in [6.45, 7) is 0.390. The lowest BCUT2D eigenvalue weighted by molar-refractivity contribution is 0.169. The summed E-state index contributed by atoms with van der Waals surface area (Å²) in [4.78, 5) is 0. The van der Waals surface area contributed by atoms with Gasteiger partial charge in [-0.15, -0.1) is 0 Å². The summed E-state index contributed by atoms with van der Waals surface area (Å²) < 4.78 is 42.1. The number of hydrogen-bond donors (Lipinski definition) is 2. The third-order valence-electron chi connectivity index (χ3n) is 4.90. The fourth-order valence-electron chi connectivity index (χ4n) is 3.33. The molecule has 4 aromatic rings. The molecule has 4 rings (SSSR count). The van der Waals surface area contributed by atoms with Crippen molar-refractivity contribution in [2.45, 2.75) is 12.6 Å². The maximum atomic E-state index is 13.9. The lowest BCUT2D eigenvalue weighted by Gasteiger charge is -2.13. The number of nitrogens with zero attached hydrogens (tertiary/aromatic N) is 2. The molecule has 2 N–H and O–H groups in total. The van der Waals surface area contributed by atoms with Crippen molar-refractivity contribution in [3.8, 4) is 16.9 Å². The lowest BCUT2D eigenvalue weighted by Crippen LogP contribution is -2.22. The van der Waals surface area contributed by atoms with Gasteiger partial charge in [-0.25, -0.2) is 17.9 Å². The number of aromatic nitrogens is 2. The van der Waals surface area contributed by atoms with Gasteiger partial charge in [0.25, 0.3) is 0 Å². The Morgan fingerprint density at radius 3 is 2.32 bits per heavy atom. The van der Waals surface area contributed by atoms with Crippen molar-refractivity contribution >= 4 is 0 Å². The summed E-state index contributed by atoms with van der Waals surface area (Å²) in [5.41, 5.74) is 3.12. The number of benzene rings is 3. The molecule has 158 valence electrons. The van der Waals surface area contributed by atoms with Crippen molar-refractivity contribution in [2.75, 3.05) is 6.54 Å². The zero-order chi connectivity index (χ0) is 21.8. The van der Waals surface area contributed by atoms with Gasteiger partial charge in [0.1, 0.15) is 17.5 Å². The molecule has 0 aliphatic heterocycles. The van der Waals surface area contributed by atoms with E-state index < -0.39 is 17.7 Å². The monoisotopic (exact) mass is 423 g/mol. The van der Waals surface area contributed by atoms with Gasteiger partial charge in [0.15, 0.2) is 0 Å². The third kappa shape index (κ3) is 4.84. The van der Waals surface area contributed by atoms with E-state index in [2.05, 4.69) is 10.4 Å². The molecule has 0 aliphatic rings. The van der Waals surface area contributed by atoms with Crippen LogP contribution in [-0.4, -0.2) is 21.4 Å². The highest BCUT2D eigenvalue weighted by molar-refractivity contribution is 5.63. The summed E-state index contributed by atoms with van der Waals surface area (Å²) in [5.74, 6) is -1.83. The van der Waals surface area contributed by atoms with Crippen LogP contribution in [0, 0.1) is 17.5 Å². The van der Waals surface area contributed by atoms with Gasteiger partial charge in [-0.3, -0.25) is 0 Å². The second kappa shape index (κ2) is 9.16. The van der Waals surface area contributed by atoms with Crippen LogP contribution in [0.5, 0.6) is 0 Å². The van der Waals surface area contributed by atoms with Gasteiger partial charge in [0.2, 0.25) is 0 Å². The van der Waals surface area contributed by atoms with Crippen LogP contribution in [0.15, 0.2) is 79.0 Å². The van der Waals surface area contributed by atoms with Gasteiger partial charge in [-0.2, -0.15) is 5.10 Å². The minimum Gasteiger partial charge on any atom is -0.387 e. The topological polar surface area (TPSA) is 50.1 Å². The molecule has 1 heterocycles. The number of halogens is 3. The van der Waals surface area contributed by atoms with E-state index in [1.54, 1.807) is 16.8 Å². The highest BCUT2D eigenvalue weighted by Crippen LogP contribution is 2.24. The molecule has 0 saturated heterocycles. The fourth-order valence-corrected chi connectivity index (χ4v) is 3.33. The molecule has 31 heavy (non-hydrogen) atoms. The Morgan fingerprint density at radius 2 is 1.61 bits per heavy atom. The van der Waals surface area contributed by atoms with Crippen molar-refractivity contribution in [1.82, 2.24) is 15.1 Å². The smallest absolute Gasteiger partial charge is 0.131 e. The Morgan fingerprint density at radius 1 is 0.903 bits per heavy atom. The molecule has 0 spiro atoms. The van der Waals surface area contributed by atoms with Crippen LogP contribution in [0.2, 0.25) is 0 Å². The summed E-state index contributed by atoms with van der Waals surface area (Å²) in [7, 11) is 0. The normalized spacial score (nSPS) is 12.1. The molecule has 0 amide bonds. The molecule has 1 aromatic heterocycles. The molecule has 1 atom stereocenters. The van der Waals surface area contributed by atoms with E-state index in [1.165, 1.54) is 18.2 Å². The second-order valence-electron chi connectivity index (χ2n) is 7.10. The van der Waals surface area contributed by atoms with E-state index in [9.17, 15) is 18.3 Å². The van der Waals surface area contributed by atoms with Crippen LogP contribution >= 0.6 is 0 Å². The zero-order valence-electron chi connectivity index (χ0n) is 16.5. The Hall–Kier alpha value is -3.42. The van der Waals surface area contributed by atoms with E-state index in [0.29, 0.717) is 12.2 Å². The minimum atomic E-state index is -1.14. The van der Waals surface area contributed by atoms with Gasteiger partial charge >= 0.3 is 0 Å². The first kappa shape index (κ1) is 20.8. The van der Waals surface area contributed by atoms with Gasteiger partial charge < -0.3 is 10.4 Å². The maximum absolute atomic E-state index is 13.9. The van der Waals surface area contributed by atoms with Crippen molar-refractivity contribution < 1.29 is 18.3 Å². The molecular formula is C24H20F3N3O. The lowest BCUT2D eigenvalue weighted by atomic mass is 10.1. The van der Waals surface area contributed by atoms with Crippen LogP contribution in [-0.2, 0) is 6.54 Å². The summed E-state index contributed by atoms with van der Waals surface area (Å²) in [6, 6.07) is 18.7. The van der Waals surface area contributed by atoms with Crippen LogP contribution in [0.25, 0.3) is 16.9 Å². The largest absolute Gasteiger partial charge is 0.387 e. The molecule has 0 aliphatic carbocycles. The molecule has 4 nitrogen and oxygen atoms in total. The van der Waals surface area contributed by atoms with E-state index in [4.69, 9.17) is 0 Å². The highest BCUT2D eigenvalue weighted by Gasteiger charge is 2.16. The number of para-hydroxylation sites is 1. The third-order valence-corrected chi connectivity index (χ3v) is 4.90. The van der Waals surface area contributed by atoms with Crippen LogP contribution < -0.4 is 5.32 Å². The molecule has 7 heteroatoms.